The van der Waals surface area contributed by atoms with Gasteiger partial charge in [0.2, 0.25) is 5.91 Å². The molecule has 0 aromatic carbocycles. The van der Waals surface area contributed by atoms with Gasteiger partial charge in [-0.05, 0) is 45.4 Å². The van der Waals surface area contributed by atoms with Crippen LogP contribution in [0.25, 0.3) is 0 Å². The number of hydrogen-bond donors (Lipinski definition) is 5. The Bertz CT molecular complexity index is 803. The summed E-state index contributed by atoms with van der Waals surface area (Å²) in [4.78, 5) is 28.3. The standard InChI is InChI=1S/C24H41ClN6O4S/c1-11-5-14(15-6-20(25)27-8-18(15)34-4)16(7-26-11)21(32)30-24-29-17-9-31(10-19(17)36-24)23(33)22-28-12(2)13(3)35-22/h11-20,22,24,26-29H,5-10H2,1-4H3,(H,30,32). The fourth-order valence-corrected chi connectivity index (χ4v) is 8.19. The highest BCUT2D eigenvalue weighted by atomic mass is 35.5. The molecule has 12 unspecified atom stereocenters. The monoisotopic (exact) mass is 544 g/mol. The van der Waals surface area contributed by atoms with Crippen molar-refractivity contribution in [2.75, 3.05) is 33.3 Å². The first-order valence-corrected chi connectivity index (χ1v) is 14.7. The van der Waals surface area contributed by atoms with Crippen LogP contribution in [-0.4, -0.2) is 103 Å². The van der Waals surface area contributed by atoms with Crippen molar-refractivity contribution in [1.29, 1.82) is 0 Å². The Balaban J connectivity index is 1.16. The van der Waals surface area contributed by atoms with Crippen LogP contribution in [0.2, 0.25) is 0 Å². The number of methoxy groups -OCH3 is 1. The highest BCUT2D eigenvalue weighted by Crippen LogP contribution is 2.38. The number of amides is 2. The molecule has 0 bridgehead atoms. The van der Waals surface area contributed by atoms with Crippen molar-refractivity contribution in [1.82, 2.24) is 31.5 Å². The number of thioether (sulfide) groups is 1. The number of likely N-dealkylation sites (tertiary alicyclic amines) is 1. The van der Waals surface area contributed by atoms with E-state index in [1.807, 2.05) is 18.7 Å². The van der Waals surface area contributed by atoms with Crippen molar-refractivity contribution in [3.8, 4) is 0 Å². The lowest BCUT2D eigenvalue weighted by Crippen LogP contribution is -2.57. The molecule has 0 aromatic rings. The van der Waals surface area contributed by atoms with Crippen LogP contribution in [0, 0.1) is 17.8 Å². The van der Waals surface area contributed by atoms with Crippen molar-refractivity contribution in [3.05, 3.63) is 0 Å². The fourth-order valence-electron chi connectivity index (χ4n) is 6.49. The maximum atomic E-state index is 13.5. The zero-order valence-corrected chi connectivity index (χ0v) is 23.1. The zero-order chi connectivity index (χ0) is 25.6. The molecule has 5 aliphatic heterocycles. The van der Waals surface area contributed by atoms with E-state index in [-0.39, 0.29) is 70.1 Å². The lowest BCUT2D eigenvalue weighted by molar-refractivity contribution is -0.142. The first-order valence-electron chi connectivity index (χ1n) is 13.3. The number of fused-ring (bicyclic) bond motifs is 1. The Labute approximate surface area is 223 Å². The zero-order valence-electron chi connectivity index (χ0n) is 21.5. The summed E-state index contributed by atoms with van der Waals surface area (Å²) in [5.74, 6) is 0.377. The van der Waals surface area contributed by atoms with E-state index in [4.69, 9.17) is 21.1 Å². The van der Waals surface area contributed by atoms with Crippen LogP contribution >= 0.6 is 23.4 Å². The van der Waals surface area contributed by atoms with E-state index >= 15 is 0 Å². The van der Waals surface area contributed by atoms with E-state index in [9.17, 15) is 9.59 Å². The van der Waals surface area contributed by atoms with Gasteiger partial charge in [0.15, 0.2) is 6.23 Å². The Morgan fingerprint density at radius 3 is 2.58 bits per heavy atom. The molecule has 36 heavy (non-hydrogen) atoms. The summed E-state index contributed by atoms with van der Waals surface area (Å²) in [5.41, 5.74) is -0.249. The van der Waals surface area contributed by atoms with Gasteiger partial charge in [-0.2, -0.15) is 0 Å². The molecule has 5 fully saturated rings. The van der Waals surface area contributed by atoms with Crippen LogP contribution in [0.1, 0.15) is 33.6 Å². The molecule has 0 spiro atoms. The molecular formula is C24H41ClN6O4S. The average Bonchev–Trinajstić information content (AvgIpc) is 3.51. The number of nitrogens with one attached hydrogen (secondary N) is 5. The van der Waals surface area contributed by atoms with Crippen LogP contribution in [0.4, 0.5) is 0 Å². The average molecular weight is 545 g/mol. The molecule has 0 radical (unpaired) electrons. The van der Waals surface area contributed by atoms with Gasteiger partial charge < -0.3 is 25.0 Å². The van der Waals surface area contributed by atoms with Crippen molar-refractivity contribution in [2.24, 2.45) is 17.8 Å². The van der Waals surface area contributed by atoms with Gasteiger partial charge in [-0.15, -0.1) is 23.4 Å². The number of halogens is 1. The molecule has 12 atom stereocenters. The van der Waals surface area contributed by atoms with Gasteiger partial charge in [-0.3, -0.25) is 25.5 Å². The Morgan fingerprint density at radius 2 is 1.89 bits per heavy atom. The van der Waals surface area contributed by atoms with Gasteiger partial charge in [0.1, 0.15) is 5.50 Å². The number of hydrogen-bond acceptors (Lipinski definition) is 9. The fraction of sp³-hybridized carbons (Fsp3) is 0.917. The number of carbonyl (C=O) groups is 2. The summed E-state index contributed by atoms with van der Waals surface area (Å²) in [6.45, 7) is 8.84. The Hall–Kier alpha value is -0.660. The van der Waals surface area contributed by atoms with E-state index in [0.717, 1.165) is 12.8 Å². The number of ether oxygens (including phenoxy) is 2. The number of nitrogens with zero attached hydrogens (tertiary/aromatic N) is 1. The van der Waals surface area contributed by atoms with Gasteiger partial charge in [-0.25, -0.2) is 0 Å². The summed E-state index contributed by atoms with van der Waals surface area (Å²) in [6, 6.07) is 0.667. The number of rotatable bonds is 5. The minimum absolute atomic E-state index is 0.00101. The molecule has 5 saturated heterocycles. The molecular weight excluding hydrogens is 504 g/mol. The minimum atomic E-state index is -0.564. The molecule has 5 N–H and O–H groups in total. The molecule has 2 amide bonds. The molecule has 5 rings (SSSR count). The number of carbonyl (C=O) groups excluding carboxylic acids is 2. The van der Waals surface area contributed by atoms with E-state index in [0.29, 0.717) is 32.2 Å². The van der Waals surface area contributed by atoms with Crippen LogP contribution in [-0.2, 0) is 19.1 Å². The third-order valence-corrected chi connectivity index (χ3v) is 10.4. The smallest absolute Gasteiger partial charge is 0.266 e. The Morgan fingerprint density at radius 1 is 1.08 bits per heavy atom. The van der Waals surface area contributed by atoms with Gasteiger partial charge in [-0.1, -0.05) is 0 Å². The van der Waals surface area contributed by atoms with Gasteiger partial charge in [0.05, 0.1) is 23.6 Å². The predicted octanol–water partition coefficient (Wildman–Crippen LogP) is -0.171. The summed E-state index contributed by atoms with van der Waals surface area (Å²) in [5, 5.41) is 17.1. The summed E-state index contributed by atoms with van der Waals surface area (Å²) >= 11 is 8.17. The number of piperidine rings is 2. The van der Waals surface area contributed by atoms with Crippen LogP contribution in [0.5, 0.6) is 0 Å². The highest BCUT2D eigenvalue weighted by molar-refractivity contribution is 8.00. The summed E-state index contributed by atoms with van der Waals surface area (Å²) in [7, 11) is 1.75. The largest absolute Gasteiger partial charge is 0.380 e. The van der Waals surface area contributed by atoms with Crippen LogP contribution in [0.3, 0.4) is 0 Å². The van der Waals surface area contributed by atoms with Gasteiger partial charge >= 0.3 is 0 Å². The van der Waals surface area contributed by atoms with Crippen molar-refractivity contribution in [3.63, 3.8) is 0 Å². The van der Waals surface area contributed by atoms with Crippen molar-refractivity contribution >= 4 is 35.2 Å². The van der Waals surface area contributed by atoms with E-state index in [1.54, 1.807) is 18.9 Å². The highest BCUT2D eigenvalue weighted by Gasteiger charge is 2.48. The predicted molar refractivity (Wildman–Crippen MR) is 139 cm³/mol. The Kier molecular flexibility index (Phi) is 8.39. The van der Waals surface area contributed by atoms with E-state index in [2.05, 4.69) is 33.5 Å². The first-order chi connectivity index (χ1) is 17.2. The SMILES string of the molecule is COC1CNC(Cl)CC1C1CC(C)NCC1C(=O)NC1NC2CN(C(=O)C3NC(C)C(C)O3)CC2S1. The molecule has 204 valence electrons. The molecule has 0 saturated carbocycles. The van der Waals surface area contributed by atoms with E-state index in [1.165, 1.54) is 0 Å². The minimum Gasteiger partial charge on any atom is -0.380 e. The molecule has 10 nitrogen and oxygen atoms in total. The number of alkyl halides is 1. The normalized spacial score (nSPS) is 47.1. The molecule has 0 aliphatic carbocycles. The van der Waals surface area contributed by atoms with Crippen LogP contribution < -0.4 is 26.6 Å². The van der Waals surface area contributed by atoms with Crippen molar-refractivity contribution < 1.29 is 19.1 Å². The van der Waals surface area contributed by atoms with Crippen LogP contribution in [0.15, 0.2) is 0 Å². The van der Waals surface area contributed by atoms with E-state index < -0.39 is 6.23 Å². The maximum Gasteiger partial charge on any atom is 0.266 e. The summed E-state index contributed by atoms with van der Waals surface area (Å²) in [6.07, 6.45) is 1.23. The van der Waals surface area contributed by atoms with Gasteiger partial charge in [0, 0.05) is 56.7 Å². The third-order valence-electron chi connectivity index (χ3n) is 8.74. The quantitative estimate of drug-likeness (QED) is 0.237. The topological polar surface area (TPSA) is 116 Å². The first kappa shape index (κ1) is 26.9. The molecule has 5 heterocycles. The molecule has 0 aromatic heterocycles. The molecule has 12 heteroatoms. The van der Waals surface area contributed by atoms with Gasteiger partial charge in [0.25, 0.3) is 5.91 Å². The lowest BCUT2D eigenvalue weighted by Gasteiger charge is -2.45. The third kappa shape index (κ3) is 5.54. The molecule has 5 aliphatic rings. The summed E-state index contributed by atoms with van der Waals surface area (Å²) < 4.78 is 11.6. The van der Waals surface area contributed by atoms with Crippen molar-refractivity contribution in [2.45, 2.75) is 86.4 Å². The second-order valence-electron chi connectivity index (χ2n) is 11.1. The second-order valence-corrected chi connectivity index (χ2v) is 13.0. The maximum absolute atomic E-state index is 13.5. The second kappa shape index (κ2) is 11.2. The lowest BCUT2D eigenvalue weighted by atomic mass is 9.70.